The van der Waals surface area contributed by atoms with Gasteiger partial charge in [0.1, 0.15) is 12.2 Å². The quantitative estimate of drug-likeness (QED) is 0.0327. The summed E-state index contributed by atoms with van der Waals surface area (Å²) in [6.07, 6.45) is 36.5. The van der Waals surface area contributed by atoms with E-state index in [9.17, 15) is 4.79 Å². The Balaban J connectivity index is 1.12. The van der Waals surface area contributed by atoms with Gasteiger partial charge in [-0.05, 0) is 117 Å². The van der Waals surface area contributed by atoms with Gasteiger partial charge in [-0.15, -0.1) is 0 Å². The van der Waals surface area contributed by atoms with Crippen molar-refractivity contribution in [3.8, 4) is 0 Å². The van der Waals surface area contributed by atoms with E-state index in [4.69, 9.17) is 9.99 Å². The molecule has 0 aliphatic heterocycles. The van der Waals surface area contributed by atoms with Gasteiger partial charge in [-0.1, -0.05) is 135 Å². The molecule has 0 saturated heterocycles. The van der Waals surface area contributed by atoms with E-state index < -0.39 is 0 Å². The number of carbonyl (C=O) groups is 1. The van der Waals surface area contributed by atoms with Crippen LogP contribution in [0.4, 0.5) is 0 Å². The summed E-state index contributed by atoms with van der Waals surface area (Å²) >= 11 is 0. The maximum atomic E-state index is 12.8. The van der Waals surface area contributed by atoms with Crippen LogP contribution in [0.2, 0.25) is 0 Å². The molecule has 0 bridgehead atoms. The van der Waals surface area contributed by atoms with E-state index in [1.807, 2.05) is 12.2 Å². The van der Waals surface area contributed by atoms with E-state index >= 15 is 0 Å². The third kappa shape index (κ3) is 11.1. The Hall–Kier alpha value is -1.39. The first-order chi connectivity index (χ1) is 23.6. The van der Waals surface area contributed by atoms with E-state index in [0.29, 0.717) is 17.3 Å². The van der Waals surface area contributed by atoms with Crippen LogP contribution in [-0.2, 0) is 14.4 Å². The normalized spacial score (nSPS) is 32.6. The highest BCUT2D eigenvalue weighted by Gasteiger charge is 2.59. The molecule has 4 nitrogen and oxygen atoms in total. The van der Waals surface area contributed by atoms with E-state index in [1.165, 1.54) is 89.9 Å². The summed E-state index contributed by atoms with van der Waals surface area (Å²) in [7, 11) is 0. The zero-order valence-corrected chi connectivity index (χ0v) is 32.7. The van der Waals surface area contributed by atoms with Gasteiger partial charge in [-0.3, -0.25) is 10.1 Å². The third-order valence-corrected chi connectivity index (χ3v) is 14.1. The Morgan fingerprint density at radius 2 is 1.69 bits per heavy atom. The van der Waals surface area contributed by atoms with Crippen molar-refractivity contribution in [1.29, 1.82) is 0 Å². The number of ether oxygens (including phenoxy) is 1. The van der Waals surface area contributed by atoms with Gasteiger partial charge in [0, 0.05) is 12.8 Å². The van der Waals surface area contributed by atoms with Crippen molar-refractivity contribution in [3.63, 3.8) is 0 Å². The molecule has 1 N–H and O–H groups in total. The number of esters is 1. The Labute approximate surface area is 302 Å². The van der Waals surface area contributed by atoms with Crippen LogP contribution >= 0.6 is 0 Å². The fourth-order valence-electron chi connectivity index (χ4n) is 11.2. The molecule has 0 aromatic carbocycles. The summed E-state index contributed by atoms with van der Waals surface area (Å²) in [5.41, 5.74) is 2.47. The van der Waals surface area contributed by atoms with Gasteiger partial charge < -0.3 is 4.74 Å². The molecule has 0 amide bonds. The minimum absolute atomic E-state index is 0.0189. The lowest BCUT2D eigenvalue weighted by Gasteiger charge is -2.58. The van der Waals surface area contributed by atoms with Crippen molar-refractivity contribution in [2.75, 3.05) is 0 Å². The second-order valence-electron chi connectivity index (χ2n) is 17.9. The number of hydrogen-bond donors (Lipinski definition) is 1. The minimum Gasteiger partial charge on any atom is -0.462 e. The van der Waals surface area contributed by atoms with Crippen LogP contribution in [0.1, 0.15) is 183 Å². The number of allylic oxidation sites excluding steroid dienone is 4. The largest absolute Gasteiger partial charge is 0.462 e. The van der Waals surface area contributed by atoms with Gasteiger partial charge in [0.15, 0.2) is 0 Å². The molecule has 3 fully saturated rings. The van der Waals surface area contributed by atoms with Crippen molar-refractivity contribution in [3.05, 3.63) is 36.0 Å². The monoisotopic (exact) mass is 681 g/mol. The molecule has 0 unspecified atom stereocenters. The highest BCUT2D eigenvalue weighted by Crippen LogP contribution is 2.67. The van der Waals surface area contributed by atoms with Crippen LogP contribution in [0.5, 0.6) is 0 Å². The Morgan fingerprint density at radius 3 is 2.47 bits per heavy atom. The summed E-state index contributed by atoms with van der Waals surface area (Å²) in [5.74, 6) is 5.19. The van der Waals surface area contributed by atoms with Crippen molar-refractivity contribution in [2.45, 2.75) is 195 Å². The van der Waals surface area contributed by atoms with Crippen molar-refractivity contribution >= 4 is 5.97 Å². The smallest absolute Gasteiger partial charge is 0.306 e. The maximum absolute atomic E-state index is 12.8. The molecule has 3 saturated carbocycles. The van der Waals surface area contributed by atoms with Crippen LogP contribution in [0.15, 0.2) is 36.0 Å². The van der Waals surface area contributed by atoms with Crippen LogP contribution < -0.4 is 0 Å². The summed E-state index contributed by atoms with van der Waals surface area (Å²) in [6.45, 7) is 14.8. The Bertz CT molecular complexity index is 1070. The second kappa shape index (κ2) is 20.0. The first-order valence-corrected chi connectivity index (χ1v) is 21.1. The van der Waals surface area contributed by atoms with Crippen molar-refractivity contribution < 1.29 is 19.7 Å². The summed E-state index contributed by atoms with van der Waals surface area (Å²) in [5, 5.41) is 9.04. The van der Waals surface area contributed by atoms with Crippen molar-refractivity contribution in [1.82, 2.24) is 0 Å². The standard InChI is InChI=1S/C45H76O4/c1-7-8-16-22-37(49-47)23-17-14-12-10-9-11-13-15-18-24-43(46)48-38-29-31-44(5)36(33-38)25-26-39-41-28-27-40(35(4)21-19-20-34(2)3)45(41,6)32-30-42(39)44/h12,14,17,23,25,34-35,37-42,47H,7-11,13,15-16,18-22,24,26-33H2,1-6H3/b14-12-,23-17+/t35-,37+,38+,39+,40-,41+,42+,44+,45-/m1/s1. The molecule has 9 atom stereocenters. The van der Waals surface area contributed by atoms with E-state index in [0.717, 1.165) is 80.5 Å². The fraction of sp³-hybridized carbons (Fsp3) is 0.844. The van der Waals surface area contributed by atoms with E-state index in [1.54, 1.807) is 5.57 Å². The zero-order valence-electron chi connectivity index (χ0n) is 32.7. The molecule has 280 valence electrons. The molecule has 0 aromatic rings. The van der Waals surface area contributed by atoms with E-state index in [-0.39, 0.29) is 18.2 Å². The second-order valence-corrected chi connectivity index (χ2v) is 17.9. The average Bonchev–Trinajstić information content (AvgIpc) is 3.43. The third-order valence-electron chi connectivity index (χ3n) is 14.1. The number of hydrogen-bond acceptors (Lipinski definition) is 4. The molecule has 49 heavy (non-hydrogen) atoms. The molecule has 4 aliphatic carbocycles. The predicted molar refractivity (Wildman–Crippen MR) is 205 cm³/mol. The topological polar surface area (TPSA) is 55.8 Å². The first kappa shape index (κ1) is 40.4. The zero-order chi connectivity index (χ0) is 35.3. The molecule has 0 heterocycles. The minimum atomic E-state index is -0.204. The molecular formula is C45H76O4. The summed E-state index contributed by atoms with van der Waals surface area (Å²) < 4.78 is 6.11. The molecule has 0 spiro atoms. The number of rotatable bonds is 21. The van der Waals surface area contributed by atoms with Gasteiger partial charge in [-0.2, -0.15) is 0 Å². The van der Waals surface area contributed by atoms with Gasteiger partial charge in [0.05, 0.1) is 0 Å². The molecule has 4 heteroatoms. The molecule has 4 aliphatic rings. The van der Waals surface area contributed by atoms with Gasteiger partial charge in [0.2, 0.25) is 0 Å². The van der Waals surface area contributed by atoms with Gasteiger partial charge >= 0.3 is 5.97 Å². The maximum Gasteiger partial charge on any atom is 0.306 e. The van der Waals surface area contributed by atoms with Gasteiger partial charge in [-0.25, -0.2) is 4.89 Å². The first-order valence-electron chi connectivity index (χ1n) is 21.1. The van der Waals surface area contributed by atoms with Gasteiger partial charge in [0.25, 0.3) is 0 Å². The van der Waals surface area contributed by atoms with Crippen LogP contribution in [0, 0.1) is 46.3 Å². The SMILES string of the molecule is CCCCC[C@@H](/C=C/C=C\CCCCCCCC(=O)O[C@H]1CC[C@@]2(C)C(=CC[C@H]3[C@@H]4CC[C@H]([C@H](C)CCCC(C)C)[C@@]4(C)CC[C@@H]32)C1)OO. The van der Waals surface area contributed by atoms with Crippen LogP contribution in [0.3, 0.4) is 0 Å². The molecule has 0 aromatic heterocycles. The van der Waals surface area contributed by atoms with Crippen LogP contribution in [0.25, 0.3) is 0 Å². The Kier molecular flexibility index (Phi) is 16.5. The lowest BCUT2D eigenvalue weighted by molar-refractivity contribution is -0.267. The lowest BCUT2D eigenvalue weighted by Crippen LogP contribution is -2.51. The summed E-state index contributed by atoms with van der Waals surface area (Å²) in [6, 6.07) is 0. The van der Waals surface area contributed by atoms with Crippen molar-refractivity contribution in [2.24, 2.45) is 46.3 Å². The fourth-order valence-corrected chi connectivity index (χ4v) is 11.2. The summed E-state index contributed by atoms with van der Waals surface area (Å²) in [4.78, 5) is 17.4. The highest BCUT2D eigenvalue weighted by atomic mass is 17.1. The predicted octanol–water partition coefficient (Wildman–Crippen LogP) is 13.2. The number of unbranched alkanes of at least 4 members (excludes halogenated alkanes) is 7. The van der Waals surface area contributed by atoms with E-state index in [2.05, 4.69) is 64.7 Å². The Morgan fingerprint density at radius 1 is 0.898 bits per heavy atom. The lowest BCUT2D eigenvalue weighted by atomic mass is 9.47. The highest BCUT2D eigenvalue weighted by molar-refractivity contribution is 5.69. The molecule has 0 radical (unpaired) electrons. The molecular weight excluding hydrogens is 604 g/mol. The average molecular weight is 681 g/mol. The van der Waals surface area contributed by atoms with Crippen LogP contribution in [-0.4, -0.2) is 23.4 Å². The molecule has 4 rings (SSSR count). The number of carbonyl (C=O) groups excluding carboxylic acids is 1. The number of fused-ring (bicyclic) bond motifs is 5.